The highest BCUT2D eigenvalue weighted by atomic mass is 32.2. The predicted octanol–water partition coefficient (Wildman–Crippen LogP) is 4.46. The highest BCUT2D eigenvalue weighted by Crippen LogP contribution is 2.21. The lowest BCUT2D eigenvalue weighted by molar-refractivity contribution is 0.0955. The molecular formula is C22H21FN2O3S2. The van der Waals surface area contributed by atoms with Gasteiger partial charge in [-0.05, 0) is 48.9 Å². The molecule has 3 aromatic rings. The van der Waals surface area contributed by atoms with E-state index in [1.54, 1.807) is 24.8 Å². The minimum atomic E-state index is -4.04. The number of rotatable bonds is 8. The summed E-state index contributed by atoms with van der Waals surface area (Å²) in [6.07, 6.45) is 0. The minimum Gasteiger partial charge on any atom is -0.351 e. The Bertz CT molecular complexity index is 1140. The highest BCUT2D eigenvalue weighted by molar-refractivity contribution is 7.99. The standard InChI is InChI=1S/C22H21FN2O3S2/c1-16-11-12-18(30(27,28)25-21-10-6-5-9-20(21)23)15-19(16)22(26)24-13-14-29-17-7-3-2-4-8-17/h2-12,15,25H,13-14H2,1H3,(H,24,26). The molecule has 0 bridgehead atoms. The van der Waals surface area contributed by atoms with Gasteiger partial charge >= 0.3 is 0 Å². The Morgan fingerprint density at radius 1 is 1.00 bits per heavy atom. The van der Waals surface area contributed by atoms with Crippen LogP contribution in [-0.2, 0) is 10.0 Å². The maximum Gasteiger partial charge on any atom is 0.262 e. The molecule has 0 radical (unpaired) electrons. The maximum absolute atomic E-state index is 13.8. The Labute approximate surface area is 179 Å². The molecule has 30 heavy (non-hydrogen) atoms. The van der Waals surface area contributed by atoms with Gasteiger partial charge in [0.2, 0.25) is 0 Å². The molecule has 0 atom stereocenters. The molecule has 0 aliphatic rings. The largest absolute Gasteiger partial charge is 0.351 e. The molecule has 2 N–H and O–H groups in total. The SMILES string of the molecule is Cc1ccc(S(=O)(=O)Nc2ccccc2F)cc1C(=O)NCCSc1ccccc1. The minimum absolute atomic E-state index is 0.111. The molecule has 5 nitrogen and oxygen atoms in total. The number of amides is 1. The van der Waals surface area contributed by atoms with Crippen LogP contribution in [0.5, 0.6) is 0 Å². The third kappa shape index (κ3) is 5.61. The zero-order valence-corrected chi connectivity index (χ0v) is 17.9. The summed E-state index contributed by atoms with van der Waals surface area (Å²) in [6, 6.07) is 19.6. The van der Waals surface area contributed by atoms with Crippen molar-refractivity contribution in [1.29, 1.82) is 0 Å². The molecule has 156 valence electrons. The number of para-hydroxylation sites is 1. The summed E-state index contributed by atoms with van der Waals surface area (Å²) in [5.41, 5.74) is 0.756. The van der Waals surface area contributed by atoms with Gasteiger partial charge in [-0.25, -0.2) is 12.8 Å². The highest BCUT2D eigenvalue weighted by Gasteiger charge is 2.19. The Morgan fingerprint density at radius 2 is 1.70 bits per heavy atom. The number of sulfonamides is 1. The van der Waals surface area contributed by atoms with Crippen molar-refractivity contribution >= 4 is 33.4 Å². The fourth-order valence-electron chi connectivity index (χ4n) is 2.71. The van der Waals surface area contributed by atoms with Crippen LogP contribution >= 0.6 is 11.8 Å². The molecule has 0 aliphatic heterocycles. The average molecular weight is 445 g/mol. The van der Waals surface area contributed by atoms with Crippen molar-refractivity contribution in [3.63, 3.8) is 0 Å². The van der Waals surface area contributed by atoms with E-state index in [4.69, 9.17) is 0 Å². The zero-order valence-electron chi connectivity index (χ0n) is 16.3. The van der Waals surface area contributed by atoms with Crippen molar-refractivity contribution in [2.24, 2.45) is 0 Å². The third-order valence-electron chi connectivity index (χ3n) is 4.28. The first-order valence-electron chi connectivity index (χ1n) is 9.21. The van der Waals surface area contributed by atoms with Crippen molar-refractivity contribution in [1.82, 2.24) is 5.32 Å². The van der Waals surface area contributed by atoms with Crippen LogP contribution in [0.3, 0.4) is 0 Å². The quantitative estimate of drug-likeness (QED) is 0.397. The Hall–Kier alpha value is -2.84. The van der Waals surface area contributed by atoms with Gasteiger partial charge in [0.15, 0.2) is 0 Å². The van der Waals surface area contributed by atoms with Gasteiger partial charge in [-0.3, -0.25) is 9.52 Å². The second kappa shape index (κ2) is 9.77. The van der Waals surface area contributed by atoms with Crippen LogP contribution < -0.4 is 10.0 Å². The molecule has 0 unspecified atom stereocenters. The van der Waals surface area contributed by atoms with E-state index in [2.05, 4.69) is 10.0 Å². The molecule has 3 aromatic carbocycles. The molecule has 0 saturated carbocycles. The zero-order chi connectivity index (χ0) is 21.6. The summed E-state index contributed by atoms with van der Waals surface area (Å²) >= 11 is 1.62. The summed E-state index contributed by atoms with van der Waals surface area (Å²) in [5, 5.41) is 2.81. The summed E-state index contributed by atoms with van der Waals surface area (Å²) in [6.45, 7) is 2.16. The van der Waals surface area contributed by atoms with E-state index in [0.717, 1.165) is 4.90 Å². The van der Waals surface area contributed by atoms with Gasteiger partial charge in [-0.15, -0.1) is 11.8 Å². The van der Waals surface area contributed by atoms with Gasteiger partial charge < -0.3 is 5.32 Å². The Kier molecular flexibility index (Phi) is 7.12. The summed E-state index contributed by atoms with van der Waals surface area (Å²) < 4.78 is 41.3. The Morgan fingerprint density at radius 3 is 2.43 bits per heavy atom. The van der Waals surface area contributed by atoms with E-state index in [0.29, 0.717) is 17.9 Å². The molecule has 0 fully saturated rings. The van der Waals surface area contributed by atoms with Crippen molar-refractivity contribution in [3.05, 3.63) is 89.7 Å². The summed E-state index contributed by atoms with van der Waals surface area (Å²) in [7, 11) is -4.04. The van der Waals surface area contributed by atoms with Gasteiger partial charge in [-0.1, -0.05) is 36.4 Å². The number of carbonyl (C=O) groups is 1. The third-order valence-corrected chi connectivity index (χ3v) is 6.66. The number of thioether (sulfide) groups is 1. The molecule has 0 heterocycles. The van der Waals surface area contributed by atoms with Crippen LogP contribution in [0.25, 0.3) is 0 Å². The number of hydrogen-bond donors (Lipinski definition) is 2. The van der Waals surface area contributed by atoms with Gasteiger partial charge in [0, 0.05) is 22.8 Å². The molecule has 0 saturated heterocycles. The molecule has 8 heteroatoms. The van der Waals surface area contributed by atoms with Crippen LogP contribution in [0.1, 0.15) is 15.9 Å². The van der Waals surface area contributed by atoms with Crippen LogP contribution in [0.4, 0.5) is 10.1 Å². The second-order valence-corrected chi connectivity index (χ2v) is 9.33. The van der Waals surface area contributed by atoms with Crippen molar-refractivity contribution in [2.45, 2.75) is 16.7 Å². The first-order valence-corrected chi connectivity index (χ1v) is 11.7. The average Bonchev–Trinajstić information content (AvgIpc) is 2.73. The molecular weight excluding hydrogens is 423 g/mol. The number of nitrogens with one attached hydrogen (secondary N) is 2. The monoisotopic (exact) mass is 444 g/mol. The van der Waals surface area contributed by atoms with Crippen molar-refractivity contribution in [2.75, 3.05) is 17.0 Å². The van der Waals surface area contributed by atoms with Crippen LogP contribution in [0, 0.1) is 12.7 Å². The number of halogens is 1. The van der Waals surface area contributed by atoms with Gasteiger partial charge in [-0.2, -0.15) is 0 Å². The van der Waals surface area contributed by atoms with E-state index in [1.165, 1.54) is 36.4 Å². The topological polar surface area (TPSA) is 75.3 Å². The molecule has 0 spiro atoms. The van der Waals surface area contributed by atoms with Crippen LogP contribution in [0.15, 0.2) is 82.6 Å². The van der Waals surface area contributed by atoms with Gasteiger partial charge in [0.05, 0.1) is 10.6 Å². The van der Waals surface area contributed by atoms with E-state index >= 15 is 0 Å². The number of hydrogen-bond acceptors (Lipinski definition) is 4. The molecule has 0 aliphatic carbocycles. The van der Waals surface area contributed by atoms with E-state index < -0.39 is 15.8 Å². The number of anilines is 1. The van der Waals surface area contributed by atoms with Crippen LogP contribution in [0.2, 0.25) is 0 Å². The predicted molar refractivity (Wildman–Crippen MR) is 118 cm³/mol. The lowest BCUT2D eigenvalue weighted by Crippen LogP contribution is -2.27. The first kappa shape index (κ1) is 21.9. The first-order chi connectivity index (χ1) is 14.4. The van der Waals surface area contributed by atoms with Gasteiger partial charge in [0.25, 0.3) is 15.9 Å². The number of benzene rings is 3. The fourth-order valence-corrected chi connectivity index (χ4v) is 4.59. The van der Waals surface area contributed by atoms with Crippen LogP contribution in [-0.4, -0.2) is 26.6 Å². The van der Waals surface area contributed by atoms with E-state index in [-0.39, 0.29) is 22.1 Å². The van der Waals surface area contributed by atoms with Crippen molar-refractivity contribution in [3.8, 4) is 0 Å². The summed E-state index contributed by atoms with van der Waals surface area (Å²) in [5.74, 6) is -0.354. The molecule has 0 aromatic heterocycles. The van der Waals surface area contributed by atoms with Gasteiger partial charge in [0.1, 0.15) is 5.82 Å². The second-order valence-electron chi connectivity index (χ2n) is 6.48. The smallest absolute Gasteiger partial charge is 0.262 e. The lowest BCUT2D eigenvalue weighted by atomic mass is 10.1. The van der Waals surface area contributed by atoms with E-state index in [9.17, 15) is 17.6 Å². The van der Waals surface area contributed by atoms with Crippen molar-refractivity contribution < 1.29 is 17.6 Å². The van der Waals surface area contributed by atoms with E-state index in [1.807, 2.05) is 30.3 Å². The maximum atomic E-state index is 13.8. The normalized spacial score (nSPS) is 11.1. The number of aryl methyl sites for hydroxylation is 1. The molecule has 1 amide bonds. The molecule has 3 rings (SSSR count). The lowest BCUT2D eigenvalue weighted by Gasteiger charge is -2.12. The fraction of sp³-hybridized carbons (Fsp3) is 0.136. The summed E-state index contributed by atoms with van der Waals surface area (Å²) in [4.78, 5) is 13.6. The Balaban J connectivity index is 1.68. The number of carbonyl (C=O) groups excluding carboxylic acids is 1.